The first-order chi connectivity index (χ1) is 7.59. The molecule has 0 bridgehead atoms. The Labute approximate surface area is 109 Å². The summed E-state index contributed by atoms with van der Waals surface area (Å²) >= 11 is 8.09. The zero-order valence-electron chi connectivity index (χ0n) is 9.23. The lowest BCUT2D eigenvalue weighted by molar-refractivity contribution is -0.118. The predicted octanol–water partition coefficient (Wildman–Crippen LogP) is 1.94. The molecule has 1 rings (SSSR count). The summed E-state index contributed by atoms with van der Waals surface area (Å²) in [6, 6.07) is 3.98. The number of nitrogens with zero attached hydrogens (tertiary/aromatic N) is 1. The van der Waals surface area contributed by atoms with Gasteiger partial charge < -0.3 is 10.2 Å². The molecule has 6 heteroatoms. The van der Waals surface area contributed by atoms with E-state index in [1.54, 1.807) is 11.3 Å². The molecule has 0 fully saturated rings. The smallest absolute Gasteiger partial charge is 0.230 e. The molecule has 0 saturated carbocycles. The fourth-order valence-corrected chi connectivity index (χ4v) is 2.34. The van der Waals surface area contributed by atoms with Gasteiger partial charge >= 0.3 is 0 Å². The molecule has 0 spiro atoms. The van der Waals surface area contributed by atoms with Crippen LogP contribution in [-0.4, -0.2) is 35.0 Å². The first-order valence-electron chi connectivity index (χ1n) is 4.72. The van der Waals surface area contributed by atoms with Crippen molar-refractivity contribution in [2.45, 2.75) is 6.54 Å². The summed E-state index contributed by atoms with van der Waals surface area (Å²) in [5, 5.41) is 4.85. The predicted molar refractivity (Wildman–Crippen MR) is 74.9 cm³/mol. The van der Waals surface area contributed by atoms with Gasteiger partial charge in [0.2, 0.25) is 5.91 Å². The van der Waals surface area contributed by atoms with Gasteiger partial charge in [-0.2, -0.15) is 0 Å². The van der Waals surface area contributed by atoms with Crippen molar-refractivity contribution in [1.29, 1.82) is 0 Å². The number of rotatable bonds is 4. The fraction of sp³-hybridized carbons (Fsp3) is 0.400. The highest BCUT2D eigenvalue weighted by molar-refractivity contribution is 8.23. The molecule has 16 heavy (non-hydrogen) atoms. The van der Waals surface area contributed by atoms with E-state index in [-0.39, 0.29) is 5.91 Å². The largest absolute Gasteiger partial charge is 0.364 e. The van der Waals surface area contributed by atoms with Crippen LogP contribution in [0, 0.1) is 0 Å². The minimum absolute atomic E-state index is 0.0163. The van der Waals surface area contributed by atoms with Crippen LogP contribution in [0.15, 0.2) is 17.5 Å². The average molecular weight is 274 g/mol. The number of thiophene rings is 1. The highest BCUT2D eigenvalue weighted by atomic mass is 32.2. The second kappa shape index (κ2) is 6.88. The number of carbonyl (C=O) groups excluding carboxylic acids is 1. The number of carbonyl (C=O) groups is 1. The van der Waals surface area contributed by atoms with E-state index in [1.807, 2.05) is 36.5 Å². The number of nitrogens with one attached hydrogen (secondary N) is 1. The minimum Gasteiger partial charge on any atom is -0.364 e. The number of hydrogen-bond acceptors (Lipinski definition) is 4. The molecule has 0 aromatic carbocycles. The van der Waals surface area contributed by atoms with Crippen molar-refractivity contribution in [1.82, 2.24) is 10.2 Å². The first kappa shape index (κ1) is 13.5. The van der Waals surface area contributed by atoms with Crippen LogP contribution in [0.1, 0.15) is 4.88 Å². The van der Waals surface area contributed by atoms with Crippen LogP contribution >= 0.6 is 35.3 Å². The summed E-state index contributed by atoms with van der Waals surface area (Å²) in [5.74, 6) is 0.394. The fourth-order valence-electron chi connectivity index (χ4n) is 0.906. The lowest BCUT2D eigenvalue weighted by Gasteiger charge is -2.12. The highest BCUT2D eigenvalue weighted by Crippen LogP contribution is 2.08. The van der Waals surface area contributed by atoms with Crippen molar-refractivity contribution in [2.75, 3.05) is 19.8 Å². The summed E-state index contributed by atoms with van der Waals surface area (Å²) in [7, 11) is 3.75. The summed E-state index contributed by atoms with van der Waals surface area (Å²) in [6.07, 6.45) is 0. The maximum Gasteiger partial charge on any atom is 0.230 e. The van der Waals surface area contributed by atoms with E-state index in [1.165, 1.54) is 11.8 Å². The van der Waals surface area contributed by atoms with Crippen molar-refractivity contribution in [3.63, 3.8) is 0 Å². The SMILES string of the molecule is CN(C)C(=S)SCC(=O)NCc1cccs1. The van der Waals surface area contributed by atoms with Gasteiger partial charge in [-0.15, -0.1) is 11.3 Å². The van der Waals surface area contributed by atoms with E-state index in [2.05, 4.69) is 5.32 Å². The molecule has 1 aromatic heterocycles. The van der Waals surface area contributed by atoms with Crippen molar-refractivity contribution in [2.24, 2.45) is 0 Å². The Kier molecular flexibility index (Phi) is 5.79. The van der Waals surface area contributed by atoms with Gasteiger partial charge in [0.25, 0.3) is 0 Å². The van der Waals surface area contributed by atoms with Crippen LogP contribution in [0.3, 0.4) is 0 Å². The Morgan fingerprint density at radius 1 is 1.62 bits per heavy atom. The molecule has 0 atom stereocenters. The summed E-state index contributed by atoms with van der Waals surface area (Å²) in [6.45, 7) is 0.603. The van der Waals surface area contributed by atoms with E-state index < -0.39 is 0 Å². The third kappa shape index (κ3) is 4.96. The van der Waals surface area contributed by atoms with Crippen LogP contribution in [0.5, 0.6) is 0 Å². The summed E-state index contributed by atoms with van der Waals surface area (Å²) in [4.78, 5) is 14.4. The Morgan fingerprint density at radius 3 is 2.94 bits per heavy atom. The maximum absolute atomic E-state index is 11.5. The lowest BCUT2D eigenvalue weighted by atomic mass is 10.4. The van der Waals surface area contributed by atoms with Crippen LogP contribution < -0.4 is 5.32 Å². The van der Waals surface area contributed by atoms with Gasteiger partial charge in [0.15, 0.2) is 0 Å². The molecule has 0 saturated heterocycles. The Morgan fingerprint density at radius 2 is 2.38 bits per heavy atom. The standard InChI is InChI=1S/C10H14N2OS3/c1-12(2)10(14)16-7-9(13)11-6-8-4-3-5-15-8/h3-5H,6-7H2,1-2H3,(H,11,13). The highest BCUT2D eigenvalue weighted by Gasteiger charge is 2.05. The van der Waals surface area contributed by atoms with Crippen molar-refractivity contribution in [3.8, 4) is 0 Å². The van der Waals surface area contributed by atoms with Gasteiger partial charge in [-0.3, -0.25) is 4.79 Å². The molecule has 0 aliphatic rings. The van der Waals surface area contributed by atoms with Gasteiger partial charge in [-0.05, 0) is 11.4 Å². The van der Waals surface area contributed by atoms with Gasteiger partial charge in [0.05, 0.1) is 12.3 Å². The molecule has 0 radical (unpaired) electrons. The van der Waals surface area contributed by atoms with Crippen LogP contribution in [0.25, 0.3) is 0 Å². The molecule has 0 unspecified atom stereocenters. The molecule has 3 nitrogen and oxygen atoms in total. The lowest BCUT2D eigenvalue weighted by Crippen LogP contribution is -2.26. The third-order valence-electron chi connectivity index (χ3n) is 1.73. The molecule has 0 aliphatic carbocycles. The molecule has 1 N–H and O–H groups in total. The Balaban J connectivity index is 2.19. The van der Waals surface area contributed by atoms with E-state index in [9.17, 15) is 4.79 Å². The van der Waals surface area contributed by atoms with Gasteiger partial charge in [0, 0.05) is 19.0 Å². The van der Waals surface area contributed by atoms with Crippen molar-refractivity contribution >= 4 is 45.5 Å². The van der Waals surface area contributed by atoms with E-state index in [4.69, 9.17) is 12.2 Å². The molecular weight excluding hydrogens is 260 g/mol. The van der Waals surface area contributed by atoms with Crippen molar-refractivity contribution in [3.05, 3.63) is 22.4 Å². The summed E-state index contributed by atoms with van der Waals surface area (Å²) < 4.78 is 0.728. The maximum atomic E-state index is 11.5. The van der Waals surface area contributed by atoms with Crippen LogP contribution in [-0.2, 0) is 11.3 Å². The van der Waals surface area contributed by atoms with Gasteiger partial charge in [-0.1, -0.05) is 30.0 Å². The molecule has 1 amide bonds. The minimum atomic E-state index is 0.0163. The number of amides is 1. The first-order valence-corrected chi connectivity index (χ1v) is 7.00. The normalized spacial score (nSPS) is 9.88. The monoisotopic (exact) mass is 274 g/mol. The zero-order valence-corrected chi connectivity index (χ0v) is 11.7. The average Bonchev–Trinajstić information content (AvgIpc) is 2.75. The topological polar surface area (TPSA) is 32.3 Å². The van der Waals surface area contributed by atoms with E-state index in [0.29, 0.717) is 12.3 Å². The van der Waals surface area contributed by atoms with Gasteiger partial charge in [-0.25, -0.2) is 0 Å². The molecule has 88 valence electrons. The molecule has 1 aromatic rings. The zero-order chi connectivity index (χ0) is 12.0. The molecule has 0 aliphatic heterocycles. The van der Waals surface area contributed by atoms with Crippen LogP contribution in [0.2, 0.25) is 0 Å². The number of thiocarbonyl (C=S) groups is 1. The van der Waals surface area contributed by atoms with Gasteiger partial charge in [0.1, 0.15) is 4.32 Å². The van der Waals surface area contributed by atoms with E-state index in [0.717, 1.165) is 9.20 Å². The van der Waals surface area contributed by atoms with Crippen molar-refractivity contribution < 1.29 is 4.79 Å². The number of thioether (sulfide) groups is 1. The second-order valence-corrected chi connectivity index (χ2v) is 5.95. The second-order valence-electron chi connectivity index (χ2n) is 3.31. The van der Waals surface area contributed by atoms with E-state index >= 15 is 0 Å². The Hall–Kier alpha value is -0.590. The van der Waals surface area contributed by atoms with Crippen LogP contribution in [0.4, 0.5) is 0 Å². The summed E-state index contributed by atoms with van der Waals surface area (Å²) in [5.41, 5.74) is 0. The molecule has 1 heterocycles. The Bertz CT molecular complexity index is 349. The third-order valence-corrected chi connectivity index (χ3v) is 4.35. The number of hydrogen-bond donors (Lipinski definition) is 1. The quantitative estimate of drug-likeness (QED) is 0.851. The molecular formula is C10H14N2OS3.